The Bertz CT molecular complexity index is 1020. The molecule has 0 bridgehead atoms. The third-order valence-corrected chi connectivity index (χ3v) is 6.93. The monoisotopic (exact) mass is 435 g/mol. The minimum absolute atomic E-state index is 0.00578. The van der Waals surface area contributed by atoms with Gasteiger partial charge in [-0.05, 0) is 51.3 Å². The molecule has 2 fully saturated rings. The van der Waals surface area contributed by atoms with Crippen LogP contribution in [0, 0.1) is 0 Å². The number of methoxy groups -OCH3 is 1. The summed E-state index contributed by atoms with van der Waals surface area (Å²) in [5.74, 6) is 1.89. The molecule has 1 saturated carbocycles. The van der Waals surface area contributed by atoms with E-state index in [1.54, 1.807) is 13.4 Å². The average molecular weight is 436 g/mol. The summed E-state index contributed by atoms with van der Waals surface area (Å²) in [6.45, 7) is 11.0. The summed E-state index contributed by atoms with van der Waals surface area (Å²) in [6.07, 6.45) is 3.91. The molecule has 32 heavy (non-hydrogen) atoms. The van der Waals surface area contributed by atoms with Crippen molar-refractivity contribution in [1.29, 1.82) is 0 Å². The minimum atomic E-state index is 0.00578. The predicted octanol–water partition coefficient (Wildman–Crippen LogP) is 3.30. The SMILES string of the molecule is COCC(C)N1CCN(c2cc(C3=NCc4ccc(OC5(C)CC5)cc43)ncn2)C[C@H]1C. The van der Waals surface area contributed by atoms with Crippen LogP contribution in [-0.2, 0) is 11.3 Å². The van der Waals surface area contributed by atoms with Crippen LogP contribution in [0.1, 0.15) is 50.4 Å². The maximum atomic E-state index is 6.19. The molecule has 1 aliphatic carbocycles. The summed E-state index contributed by atoms with van der Waals surface area (Å²) in [7, 11) is 1.77. The van der Waals surface area contributed by atoms with E-state index in [-0.39, 0.29) is 5.60 Å². The highest BCUT2D eigenvalue weighted by molar-refractivity contribution is 6.14. The van der Waals surface area contributed by atoms with E-state index in [4.69, 9.17) is 14.5 Å². The van der Waals surface area contributed by atoms with Crippen molar-refractivity contribution in [2.45, 2.75) is 57.8 Å². The lowest BCUT2D eigenvalue weighted by Gasteiger charge is -2.43. The molecular weight excluding hydrogens is 402 g/mol. The van der Waals surface area contributed by atoms with Crippen molar-refractivity contribution in [3.05, 3.63) is 47.4 Å². The summed E-state index contributed by atoms with van der Waals surface area (Å²) >= 11 is 0. The van der Waals surface area contributed by atoms with Gasteiger partial charge in [-0.25, -0.2) is 9.97 Å². The van der Waals surface area contributed by atoms with Crippen molar-refractivity contribution >= 4 is 11.5 Å². The van der Waals surface area contributed by atoms with E-state index in [1.165, 1.54) is 5.56 Å². The van der Waals surface area contributed by atoms with Gasteiger partial charge in [-0.15, -0.1) is 0 Å². The summed E-state index contributed by atoms with van der Waals surface area (Å²) in [6, 6.07) is 9.27. The van der Waals surface area contributed by atoms with Gasteiger partial charge in [0.05, 0.1) is 24.6 Å². The molecule has 0 N–H and O–H groups in total. The molecule has 3 aliphatic rings. The Morgan fingerprint density at radius 2 is 2.03 bits per heavy atom. The first-order valence-electron chi connectivity index (χ1n) is 11.6. The lowest BCUT2D eigenvalue weighted by atomic mass is 10.0. The smallest absolute Gasteiger partial charge is 0.132 e. The summed E-state index contributed by atoms with van der Waals surface area (Å²) < 4.78 is 11.5. The van der Waals surface area contributed by atoms with Crippen molar-refractivity contribution in [2.75, 3.05) is 38.3 Å². The molecule has 5 rings (SSSR count). The van der Waals surface area contributed by atoms with Gasteiger partial charge in [0.1, 0.15) is 23.5 Å². The van der Waals surface area contributed by atoms with Crippen molar-refractivity contribution in [3.63, 3.8) is 0 Å². The fourth-order valence-corrected chi connectivity index (χ4v) is 4.83. The quantitative estimate of drug-likeness (QED) is 0.665. The van der Waals surface area contributed by atoms with Crippen LogP contribution in [-0.4, -0.2) is 71.6 Å². The van der Waals surface area contributed by atoms with E-state index < -0.39 is 0 Å². The van der Waals surface area contributed by atoms with Gasteiger partial charge >= 0.3 is 0 Å². The van der Waals surface area contributed by atoms with Gasteiger partial charge in [-0.2, -0.15) is 0 Å². The second kappa shape index (κ2) is 8.45. The van der Waals surface area contributed by atoms with Crippen molar-refractivity contribution in [3.8, 4) is 5.75 Å². The molecule has 1 aromatic carbocycles. The maximum Gasteiger partial charge on any atom is 0.132 e. The second-order valence-electron chi connectivity index (χ2n) is 9.63. The zero-order chi connectivity index (χ0) is 22.3. The third kappa shape index (κ3) is 4.24. The predicted molar refractivity (Wildman–Crippen MR) is 126 cm³/mol. The second-order valence-corrected chi connectivity index (χ2v) is 9.63. The molecule has 2 atom stereocenters. The van der Waals surface area contributed by atoms with Gasteiger partial charge in [0, 0.05) is 50.5 Å². The Kier molecular flexibility index (Phi) is 5.63. The molecule has 1 saturated heterocycles. The number of aromatic nitrogens is 2. The van der Waals surface area contributed by atoms with E-state index in [0.29, 0.717) is 18.6 Å². The highest BCUT2D eigenvalue weighted by Gasteiger charge is 2.40. The molecule has 2 aromatic rings. The third-order valence-electron chi connectivity index (χ3n) is 6.93. The van der Waals surface area contributed by atoms with E-state index in [1.807, 2.05) is 0 Å². The van der Waals surface area contributed by atoms with Crippen LogP contribution in [0.2, 0.25) is 0 Å². The molecule has 0 radical (unpaired) electrons. The van der Waals surface area contributed by atoms with Crippen molar-refractivity contribution in [2.24, 2.45) is 4.99 Å². The van der Waals surface area contributed by atoms with Crippen LogP contribution in [0.15, 0.2) is 35.6 Å². The Morgan fingerprint density at radius 1 is 1.19 bits per heavy atom. The Labute approximate surface area is 190 Å². The van der Waals surface area contributed by atoms with Gasteiger partial charge in [0.25, 0.3) is 0 Å². The number of anilines is 1. The van der Waals surface area contributed by atoms with E-state index >= 15 is 0 Å². The number of nitrogens with zero attached hydrogens (tertiary/aromatic N) is 5. The molecule has 7 nitrogen and oxygen atoms in total. The molecular formula is C25H33N5O2. The largest absolute Gasteiger partial charge is 0.488 e. The van der Waals surface area contributed by atoms with Gasteiger partial charge in [0.2, 0.25) is 0 Å². The Morgan fingerprint density at radius 3 is 2.78 bits per heavy atom. The fraction of sp³-hybridized carbons (Fsp3) is 0.560. The van der Waals surface area contributed by atoms with Crippen molar-refractivity contribution in [1.82, 2.24) is 14.9 Å². The molecule has 1 unspecified atom stereocenters. The maximum absolute atomic E-state index is 6.19. The molecule has 3 heterocycles. The molecule has 2 aliphatic heterocycles. The minimum Gasteiger partial charge on any atom is -0.488 e. The normalized spacial score (nSPS) is 22.9. The first-order valence-corrected chi connectivity index (χ1v) is 11.6. The van der Waals surface area contributed by atoms with Crippen LogP contribution in [0.5, 0.6) is 5.75 Å². The number of aliphatic imine (C=N–C) groups is 1. The lowest BCUT2D eigenvalue weighted by Crippen LogP contribution is -2.56. The highest BCUT2D eigenvalue weighted by atomic mass is 16.5. The zero-order valence-electron chi connectivity index (χ0n) is 19.5. The number of benzene rings is 1. The molecule has 1 aromatic heterocycles. The number of ether oxygens (including phenoxy) is 2. The van der Waals surface area contributed by atoms with Crippen LogP contribution >= 0.6 is 0 Å². The molecule has 170 valence electrons. The highest BCUT2D eigenvalue weighted by Crippen LogP contribution is 2.40. The Hall–Kier alpha value is -2.51. The van der Waals surface area contributed by atoms with Gasteiger partial charge in [-0.1, -0.05) is 6.07 Å². The van der Waals surface area contributed by atoms with Crippen LogP contribution < -0.4 is 9.64 Å². The van der Waals surface area contributed by atoms with Crippen LogP contribution in [0.4, 0.5) is 5.82 Å². The number of piperazine rings is 1. The summed E-state index contributed by atoms with van der Waals surface area (Å²) in [4.78, 5) is 18.9. The number of fused-ring (bicyclic) bond motifs is 1. The number of rotatable bonds is 7. The van der Waals surface area contributed by atoms with Crippen LogP contribution in [0.3, 0.4) is 0 Å². The van der Waals surface area contributed by atoms with Crippen LogP contribution in [0.25, 0.3) is 0 Å². The number of hydrogen-bond acceptors (Lipinski definition) is 7. The topological polar surface area (TPSA) is 63.1 Å². The van der Waals surface area contributed by atoms with Gasteiger partial charge in [-0.3, -0.25) is 9.89 Å². The van der Waals surface area contributed by atoms with Crippen molar-refractivity contribution < 1.29 is 9.47 Å². The zero-order valence-corrected chi connectivity index (χ0v) is 19.5. The van der Waals surface area contributed by atoms with E-state index in [0.717, 1.165) is 67.6 Å². The lowest BCUT2D eigenvalue weighted by molar-refractivity contribution is 0.0678. The average Bonchev–Trinajstić information content (AvgIpc) is 3.36. The van der Waals surface area contributed by atoms with Gasteiger partial charge in [0.15, 0.2) is 0 Å². The standard InChI is InChI=1S/C25H33N5O2/c1-17-14-29(9-10-30(17)18(2)15-31-4)23-12-22(27-16-28-23)24-21-11-20(32-25(3)7-8-25)6-5-19(21)13-26-24/h5-6,11-12,16-18H,7-10,13-15H2,1-4H3/t17-,18?/m1/s1. The van der Waals surface area contributed by atoms with E-state index in [9.17, 15) is 0 Å². The Balaban J connectivity index is 1.33. The first kappa shape index (κ1) is 21.3. The fourth-order valence-electron chi connectivity index (χ4n) is 4.83. The number of hydrogen-bond donors (Lipinski definition) is 0. The van der Waals surface area contributed by atoms with Gasteiger partial charge < -0.3 is 14.4 Å². The molecule has 7 heteroatoms. The molecule has 0 amide bonds. The van der Waals surface area contributed by atoms with E-state index in [2.05, 4.69) is 64.8 Å². The molecule has 0 spiro atoms. The first-order chi connectivity index (χ1) is 15.5. The summed E-state index contributed by atoms with van der Waals surface area (Å²) in [5, 5.41) is 0. The summed E-state index contributed by atoms with van der Waals surface area (Å²) in [5.41, 5.74) is 4.18.